The third kappa shape index (κ3) is 3.21. The molecule has 1 atom stereocenters. The number of nitriles is 1. The van der Waals surface area contributed by atoms with Crippen molar-refractivity contribution in [3.63, 3.8) is 0 Å². The Hall–Kier alpha value is -4.35. The molecule has 2 aromatic carbocycles. The molecule has 0 saturated carbocycles. The number of para-hydroxylation sites is 1. The third-order valence-electron chi connectivity index (χ3n) is 5.10. The second kappa shape index (κ2) is 7.72. The number of nitrogens with zero attached hydrogens (tertiary/aromatic N) is 1. The van der Waals surface area contributed by atoms with E-state index in [0.29, 0.717) is 21.4 Å². The zero-order chi connectivity index (χ0) is 22.2. The molecule has 7 nitrogen and oxygen atoms in total. The number of allylic oxidation sites excluding steroid dienone is 1. The summed E-state index contributed by atoms with van der Waals surface area (Å²) in [5.41, 5.74) is 6.56. The molecule has 2 N–H and O–H groups in total. The minimum Gasteiger partial charge on any atom is -0.439 e. The largest absolute Gasteiger partial charge is 0.439 e. The van der Waals surface area contributed by atoms with E-state index in [1.165, 1.54) is 11.3 Å². The van der Waals surface area contributed by atoms with Crippen LogP contribution in [0.25, 0.3) is 11.0 Å². The molecule has 156 valence electrons. The fourth-order valence-corrected chi connectivity index (χ4v) is 4.31. The molecule has 0 fully saturated rings. The van der Waals surface area contributed by atoms with Crippen LogP contribution in [-0.4, -0.2) is 5.97 Å². The van der Waals surface area contributed by atoms with Crippen molar-refractivity contribution in [2.24, 2.45) is 5.73 Å². The Morgan fingerprint density at radius 1 is 1.12 bits per heavy atom. The van der Waals surface area contributed by atoms with Crippen molar-refractivity contribution in [2.75, 3.05) is 0 Å². The first kappa shape index (κ1) is 19.6. The molecule has 0 spiro atoms. The maximum Gasteiger partial charge on any atom is 0.353 e. The van der Waals surface area contributed by atoms with Crippen molar-refractivity contribution >= 4 is 28.3 Å². The highest BCUT2D eigenvalue weighted by atomic mass is 32.1. The lowest BCUT2D eigenvalue weighted by Gasteiger charge is -2.26. The van der Waals surface area contributed by atoms with Crippen LogP contribution in [0, 0.1) is 11.3 Å². The summed E-state index contributed by atoms with van der Waals surface area (Å²) >= 11 is 1.27. The number of hydrogen-bond donors (Lipinski definition) is 1. The molecule has 5 rings (SSSR count). The number of hydrogen-bond acceptors (Lipinski definition) is 8. The van der Waals surface area contributed by atoms with Gasteiger partial charge in [0.25, 0.3) is 0 Å². The molecule has 1 aliphatic heterocycles. The van der Waals surface area contributed by atoms with E-state index in [1.54, 1.807) is 66.0 Å². The van der Waals surface area contributed by atoms with Crippen LogP contribution in [0.4, 0.5) is 0 Å². The number of esters is 1. The number of benzene rings is 2. The minimum atomic E-state index is -0.843. The number of carbonyl (C=O) groups excluding carboxylic acids is 1. The van der Waals surface area contributed by atoms with Crippen molar-refractivity contribution in [3.05, 3.63) is 104 Å². The van der Waals surface area contributed by atoms with E-state index in [0.717, 1.165) is 0 Å². The van der Waals surface area contributed by atoms with Gasteiger partial charge in [-0.25, -0.2) is 9.59 Å². The zero-order valence-electron chi connectivity index (χ0n) is 16.4. The Bertz CT molecular complexity index is 1500. The van der Waals surface area contributed by atoms with Gasteiger partial charge >= 0.3 is 11.6 Å². The summed E-state index contributed by atoms with van der Waals surface area (Å²) < 4.78 is 16.7. The van der Waals surface area contributed by atoms with Gasteiger partial charge in [0.2, 0.25) is 5.88 Å². The molecule has 0 bridgehead atoms. The highest BCUT2D eigenvalue weighted by molar-refractivity contribution is 7.12. The molecular weight excluding hydrogens is 428 g/mol. The third-order valence-corrected chi connectivity index (χ3v) is 5.95. The zero-order valence-corrected chi connectivity index (χ0v) is 17.2. The van der Waals surface area contributed by atoms with Crippen LogP contribution < -0.4 is 20.8 Å². The Morgan fingerprint density at radius 2 is 1.97 bits per heavy atom. The molecule has 1 aliphatic rings. The monoisotopic (exact) mass is 442 g/mol. The smallest absolute Gasteiger partial charge is 0.353 e. The quantitative estimate of drug-likeness (QED) is 0.286. The maximum atomic E-state index is 12.9. The van der Waals surface area contributed by atoms with E-state index in [1.807, 2.05) is 6.07 Å². The normalized spacial score (nSPS) is 15.0. The molecule has 8 heteroatoms. The van der Waals surface area contributed by atoms with Crippen LogP contribution >= 0.6 is 11.3 Å². The molecule has 4 aromatic rings. The van der Waals surface area contributed by atoms with Crippen LogP contribution in [0.15, 0.2) is 86.7 Å². The lowest BCUT2D eigenvalue weighted by Crippen LogP contribution is -2.26. The fourth-order valence-electron chi connectivity index (χ4n) is 3.71. The first-order chi connectivity index (χ1) is 15.6. The van der Waals surface area contributed by atoms with Gasteiger partial charge in [-0.05, 0) is 41.3 Å². The molecule has 0 aliphatic carbocycles. The van der Waals surface area contributed by atoms with Gasteiger partial charge in [-0.2, -0.15) is 5.26 Å². The molecule has 2 aromatic heterocycles. The highest BCUT2D eigenvalue weighted by Gasteiger charge is 2.35. The van der Waals surface area contributed by atoms with Crippen molar-refractivity contribution in [2.45, 2.75) is 5.92 Å². The number of rotatable bonds is 3. The van der Waals surface area contributed by atoms with Gasteiger partial charge in [-0.15, -0.1) is 11.3 Å². The topological polar surface area (TPSA) is 116 Å². The fraction of sp³-hybridized carbons (Fsp3) is 0.0417. The van der Waals surface area contributed by atoms with Crippen molar-refractivity contribution in [3.8, 4) is 17.6 Å². The van der Waals surface area contributed by atoms with Crippen molar-refractivity contribution < 1.29 is 18.7 Å². The first-order valence-corrected chi connectivity index (χ1v) is 10.4. The maximum absolute atomic E-state index is 12.9. The van der Waals surface area contributed by atoms with Gasteiger partial charge < -0.3 is 19.6 Å². The van der Waals surface area contributed by atoms with Gasteiger partial charge in [0, 0.05) is 0 Å². The summed E-state index contributed by atoms with van der Waals surface area (Å²) in [6.45, 7) is 0. The lowest BCUT2D eigenvalue weighted by atomic mass is 9.84. The van der Waals surface area contributed by atoms with E-state index in [9.17, 15) is 14.9 Å². The Balaban J connectivity index is 1.65. The van der Waals surface area contributed by atoms with Gasteiger partial charge in [0.15, 0.2) is 5.75 Å². The predicted molar refractivity (Wildman–Crippen MR) is 118 cm³/mol. The number of nitrogens with two attached hydrogens (primary N) is 1. The summed E-state index contributed by atoms with van der Waals surface area (Å²) in [4.78, 5) is 25.8. The molecule has 0 amide bonds. The number of carbonyl (C=O) groups is 1. The van der Waals surface area contributed by atoms with Crippen molar-refractivity contribution in [1.82, 2.24) is 0 Å². The second-order valence-electron chi connectivity index (χ2n) is 6.99. The van der Waals surface area contributed by atoms with E-state index < -0.39 is 17.5 Å². The van der Waals surface area contributed by atoms with Crippen molar-refractivity contribution in [1.29, 1.82) is 5.26 Å². The van der Waals surface area contributed by atoms with Gasteiger partial charge in [-0.1, -0.05) is 30.3 Å². The molecule has 0 unspecified atom stereocenters. The summed E-state index contributed by atoms with van der Waals surface area (Å²) in [6, 6.07) is 19.0. The first-order valence-electron chi connectivity index (χ1n) is 9.56. The summed E-state index contributed by atoms with van der Waals surface area (Å²) in [6.07, 6.45) is 0. The second-order valence-corrected chi connectivity index (χ2v) is 7.94. The predicted octanol–water partition coefficient (Wildman–Crippen LogP) is 4.29. The Kier molecular flexibility index (Phi) is 4.73. The SMILES string of the molecule is N#CC1=C(N)Oc2c(c(=O)oc3ccccc23)[C@H]1c1cccc(OC(=O)c2cccs2)c1. The highest BCUT2D eigenvalue weighted by Crippen LogP contribution is 2.43. The standard InChI is InChI=1S/C24H14N2O5S/c25-12-16-19(13-5-3-6-14(11-13)29-23(27)18-9-4-10-32-18)20-21(31-22(16)26)15-7-1-2-8-17(15)30-24(20)28/h1-11,19H,26H2/t19-/m0/s1. The van der Waals surface area contributed by atoms with Gasteiger partial charge in [-0.3, -0.25) is 0 Å². The summed E-state index contributed by atoms with van der Waals surface area (Å²) in [7, 11) is 0. The molecular formula is C24H14N2O5S. The summed E-state index contributed by atoms with van der Waals surface area (Å²) in [5.74, 6) is -0.911. The van der Waals surface area contributed by atoms with Crippen LogP contribution in [0.1, 0.15) is 26.7 Å². The molecule has 32 heavy (non-hydrogen) atoms. The minimum absolute atomic E-state index is 0.0711. The Morgan fingerprint density at radius 3 is 2.75 bits per heavy atom. The average Bonchev–Trinajstić information content (AvgIpc) is 3.34. The van der Waals surface area contributed by atoms with Crippen LogP contribution in [0.5, 0.6) is 11.5 Å². The number of ether oxygens (including phenoxy) is 2. The van der Waals surface area contributed by atoms with E-state index >= 15 is 0 Å². The molecule has 3 heterocycles. The van der Waals surface area contributed by atoms with Crippen LogP contribution in [-0.2, 0) is 0 Å². The molecule has 0 saturated heterocycles. The number of thiophene rings is 1. The van der Waals surface area contributed by atoms with Crippen LogP contribution in [0.2, 0.25) is 0 Å². The lowest BCUT2D eigenvalue weighted by molar-refractivity contribution is 0.0739. The van der Waals surface area contributed by atoms with Gasteiger partial charge in [0.1, 0.15) is 27.9 Å². The van der Waals surface area contributed by atoms with E-state index in [2.05, 4.69) is 0 Å². The molecule has 0 radical (unpaired) electrons. The average molecular weight is 442 g/mol. The van der Waals surface area contributed by atoms with E-state index in [-0.39, 0.29) is 28.5 Å². The number of fused-ring (bicyclic) bond motifs is 3. The van der Waals surface area contributed by atoms with Crippen LogP contribution in [0.3, 0.4) is 0 Å². The van der Waals surface area contributed by atoms with E-state index in [4.69, 9.17) is 19.6 Å². The van der Waals surface area contributed by atoms with Gasteiger partial charge in [0.05, 0.1) is 16.9 Å². The summed E-state index contributed by atoms with van der Waals surface area (Å²) in [5, 5.41) is 12.1. The Labute approximate surface area is 185 Å².